The summed E-state index contributed by atoms with van der Waals surface area (Å²) >= 11 is 11.7. The van der Waals surface area contributed by atoms with Crippen LogP contribution in [-0.2, 0) is 4.79 Å². The van der Waals surface area contributed by atoms with E-state index >= 15 is 0 Å². The van der Waals surface area contributed by atoms with Crippen LogP contribution in [0.4, 0.5) is 5.69 Å². The van der Waals surface area contributed by atoms with Gasteiger partial charge in [-0.1, -0.05) is 23.2 Å². The van der Waals surface area contributed by atoms with Crippen LogP contribution >= 0.6 is 23.2 Å². The molecule has 2 rings (SSSR count). The monoisotopic (exact) mass is 244 g/mol. The first-order chi connectivity index (χ1) is 7.08. The predicted molar refractivity (Wildman–Crippen MR) is 61.2 cm³/mol. The molecule has 2 atom stereocenters. The Kier molecular flexibility index (Phi) is 2.87. The van der Waals surface area contributed by atoms with Crippen molar-refractivity contribution in [3.8, 4) is 0 Å². The summed E-state index contributed by atoms with van der Waals surface area (Å²) in [6.07, 6.45) is 0.740. The molecular formula is C10H10Cl2N2O. The molecule has 80 valence electrons. The van der Waals surface area contributed by atoms with Gasteiger partial charge in [-0.3, -0.25) is 4.79 Å². The van der Waals surface area contributed by atoms with Crippen molar-refractivity contribution < 1.29 is 4.79 Å². The van der Waals surface area contributed by atoms with E-state index in [4.69, 9.17) is 28.9 Å². The van der Waals surface area contributed by atoms with Gasteiger partial charge in [0.25, 0.3) is 0 Å². The topological polar surface area (TPSA) is 55.1 Å². The maximum atomic E-state index is 11.6. The van der Waals surface area contributed by atoms with Gasteiger partial charge in [0.2, 0.25) is 5.91 Å². The number of carbonyl (C=O) groups is 1. The lowest BCUT2D eigenvalue weighted by Gasteiger charge is -2.06. The fraction of sp³-hybridized carbons (Fsp3) is 0.300. The average molecular weight is 245 g/mol. The molecule has 1 aliphatic rings. The summed E-state index contributed by atoms with van der Waals surface area (Å²) in [6.45, 7) is 0. The van der Waals surface area contributed by atoms with Gasteiger partial charge in [-0.2, -0.15) is 0 Å². The van der Waals surface area contributed by atoms with Crippen LogP contribution in [-0.4, -0.2) is 11.9 Å². The molecule has 1 fully saturated rings. The van der Waals surface area contributed by atoms with Crippen LogP contribution in [0, 0.1) is 5.92 Å². The molecule has 0 spiro atoms. The summed E-state index contributed by atoms with van der Waals surface area (Å²) in [7, 11) is 0. The molecule has 0 bridgehead atoms. The maximum absolute atomic E-state index is 11.6. The third-order valence-corrected chi connectivity index (χ3v) is 2.93. The highest BCUT2D eigenvalue weighted by Crippen LogP contribution is 2.31. The SMILES string of the molecule is NC1CC1C(=O)Nc1cc(Cl)ccc1Cl. The van der Waals surface area contributed by atoms with Crippen molar-refractivity contribution >= 4 is 34.8 Å². The minimum Gasteiger partial charge on any atom is -0.327 e. The van der Waals surface area contributed by atoms with Crippen LogP contribution in [0.15, 0.2) is 18.2 Å². The molecule has 1 aromatic carbocycles. The Hall–Kier alpha value is -0.770. The molecule has 0 heterocycles. The third-order valence-electron chi connectivity index (χ3n) is 2.36. The number of hydrogen-bond acceptors (Lipinski definition) is 2. The second-order valence-corrected chi connectivity index (χ2v) is 4.46. The molecule has 1 aromatic rings. The first-order valence-corrected chi connectivity index (χ1v) is 5.35. The van der Waals surface area contributed by atoms with Gasteiger partial charge in [-0.25, -0.2) is 0 Å². The predicted octanol–water partition coefficient (Wildman–Crippen LogP) is 2.28. The molecule has 2 unspecified atom stereocenters. The zero-order valence-electron chi connectivity index (χ0n) is 7.84. The normalized spacial score (nSPS) is 23.7. The number of amides is 1. The molecule has 3 nitrogen and oxygen atoms in total. The van der Waals surface area contributed by atoms with Gasteiger partial charge in [-0.05, 0) is 24.6 Å². The Morgan fingerprint density at radius 2 is 2.13 bits per heavy atom. The van der Waals surface area contributed by atoms with E-state index in [0.717, 1.165) is 6.42 Å². The number of carbonyl (C=O) groups excluding carboxylic acids is 1. The van der Waals surface area contributed by atoms with Crippen molar-refractivity contribution in [3.05, 3.63) is 28.2 Å². The van der Waals surface area contributed by atoms with Crippen molar-refractivity contribution in [1.29, 1.82) is 0 Å². The maximum Gasteiger partial charge on any atom is 0.229 e. The first-order valence-electron chi connectivity index (χ1n) is 4.59. The van der Waals surface area contributed by atoms with Gasteiger partial charge in [0.05, 0.1) is 16.6 Å². The van der Waals surface area contributed by atoms with Crippen molar-refractivity contribution in [2.45, 2.75) is 12.5 Å². The molecule has 1 saturated carbocycles. The van der Waals surface area contributed by atoms with E-state index in [1.165, 1.54) is 0 Å². The highest BCUT2D eigenvalue weighted by atomic mass is 35.5. The largest absolute Gasteiger partial charge is 0.327 e. The molecular weight excluding hydrogens is 235 g/mol. The quantitative estimate of drug-likeness (QED) is 0.839. The zero-order valence-corrected chi connectivity index (χ0v) is 9.35. The molecule has 0 aromatic heterocycles. The van der Waals surface area contributed by atoms with E-state index in [-0.39, 0.29) is 17.9 Å². The first kappa shape index (κ1) is 10.7. The second kappa shape index (κ2) is 4.00. The summed E-state index contributed by atoms with van der Waals surface area (Å²) in [6, 6.07) is 4.92. The summed E-state index contributed by atoms with van der Waals surface area (Å²) in [4.78, 5) is 11.6. The molecule has 0 aliphatic heterocycles. The molecule has 0 saturated heterocycles. The highest BCUT2D eigenvalue weighted by molar-refractivity contribution is 6.35. The van der Waals surface area contributed by atoms with Gasteiger partial charge in [0, 0.05) is 11.1 Å². The van der Waals surface area contributed by atoms with Gasteiger partial charge in [0.1, 0.15) is 0 Å². The van der Waals surface area contributed by atoms with Crippen molar-refractivity contribution in [2.24, 2.45) is 11.7 Å². The lowest BCUT2D eigenvalue weighted by atomic mass is 10.3. The van der Waals surface area contributed by atoms with E-state index < -0.39 is 0 Å². The summed E-state index contributed by atoms with van der Waals surface area (Å²) < 4.78 is 0. The molecule has 3 N–H and O–H groups in total. The number of halogens is 2. The second-order valence-electron chi connectivity index (χ2n) is 3.62. The number of hydrogen-bond donors (Lipinski definition) is 2. The zero-order chi connectivity index (χ0) is 11.0. The van der Waals surface area contributed by atoms with Crippen molar-refractivity contribution in [2.75, 3.05) is 5.32 Å². The number of nitrogens with one attached hydrogen (secondary N) is 1. The van der Waals surface area contributed by atoms with Crippen LogP contribution in [0.5, 0.6) is 0 Å². The number of benzene rings is 1. The molecule has 0 radical (unpaired) electrons. The lowest BCUT2D eigenvalue weighted by Crippen LogP contribution is -2.18. The number of anilines is 1. The van der Waals surface area contributed by atoms with E-state index in [1.807, 2.05) is 0 Å². The van der Waals surface area contributed by atoms with Gasteiger partial charge < -0.3 is 11.1 Å². The Morgan fingerprint density at radius 3 is 2.73 bits per heavy atom. The minimum absolute atomic E-state index is 0.0111. The standard InChI is InChI=1S/C10H10Cl2N2O/c11-5-1-2-7(12)9(3-5)14-10(15)6-4-8(6)13/h1-3,6,8H,4,13H2,(H,14,15). The van der Waals surface area contributed by atoms with Crippen LogP contribution in [0.2, 0.25) is 10.0 Å². The van der Waals surface area contributed by atoms with Gasteiger partial charge in [-0.15, -0.1) is 0 Å². The van der Waals surface area contributed by atoms with E-state index in [2.05, 4.69) is 5.32 Å². The molecule has 1 aliphatic carbocycles. The highest BCUT2D eigenvalue weighted by Gasteiger charge is 2.40. The van der Waals surface area contributed by atoms with E-state index in [9.17, 15) is 4.79 Å². The van der Waals surface area contributed by atoms with E-state index in [0.29, 0.717) is 15.7 Å². The van der Waals surface area contributed by atoms with Crippen LogP contribution in [0.3, 0.4) is 0 Å². The third kappa shape index (κ3) is 2.43. The summed E-state index contributed by atoms with van der Waals surface area (Å²) in [5, 5.41) is 3.72. The Morgan fingerprint density at radius 1 is 1.47 bits per heavy atom. The minimum atomic E-state index is -0.0910. The smallest absolute Gasteiger partial charge is 0.229 e. The Bertz CT molecular complexity index is 408. The van der Waals surface area contributed by atoms with Crippen molar-refractivity contribution in [3.63, 3.8) is 0 Å². The number of rotatable bonds is 2. The van der Waals surface area contributed by atoms with E-state index in [1.54, 1.807) is 18.2 Å². The summed E-state index contributed by atoms with van der Waals surface area (Å²) in [5.74, 6) is -0.174. The van der Waals surface area contributed by atoms with Crippen LogP contribution in [0.1, 0.15) is 6.42 Å². The fourth-order valence-electron chi connectivity index (χ4n) is 1.33. The average Bonchev–Trinajstić information content (AvgIpc) is 2.89. The van der Waals surface area contributed by atoms with Crippen molar-refractivity contribution in [1.82, 2.24) is 0 Å². The van der Waals surface area contributed by atoms with Crippen LogP contribution in [0.25, 0.3) is 0 Å². The van der Waals surface area contributed by atoms with Gasteiger partial charge in [0.15, 0.2) is 0 Å². The number of nitrogens with two attached hydrogens (primary N) is 1. The lowest BCUT2D eigenvalue weighted by molar-refractivity contribution is -0.117. The molecule has 15 heavy (non-hydrogen) atoms. The fourth-order valence-corrected chi connectivity index (χ4v) is 1.67. The van der Waals surface area contributed by atoms with Gasteiger partial charge >= 0.3 is 0 Å². The Balaban J connectivity index is 2.10. The molecule has 1 amide bonds. The molecule has 5 heteroatoms. The summed E-state index contributed by atoms with van der Waals surface area (Å²) in [5.41, 5.74) is 6.10. The Labute approximate surface area is 97.5 Å². The van der Waals surface area contributed by atoms with Crippen LogP contribution < -0.4 is 11.1 Å².